The summed E-state index contributed by atoms with van der Waals surface area (Å²) in [6, 6.07) is 22.6. The van der Waals surface area contributed by atoms with Crippen LogP contribution in [-0.4, -0.2) is 23.3 Å². The standard InChI is InChI=1S/C28H20FNO3/c29-21-13-10-19(11-14-21)25(31)17-33-28(32)26-22-8-4-5-9-24(22)30-27-20(12-15-23(26)27)16-18-6-2-1-3-7-18/h1-11,13-14,16H,12,15,17H2. The van der Waals surface area contributed by atoms with Crippen molar-refractivity contribution in [1.82, 2.24) is 4.98 Å². The lowest BCUT2D eigenvalue weighted by molar-refractivity contribution is 0.0475. The van der Waals surface area contributed by atoms with E-state index in [4.69, 9.17) is 9.72 Å². The van der Waals surface area contributed by atoms with Crippen LogP contribution in [0, 0.1) is 5.82 Å². The van der Waals surface area contributed by atoms with Gasteiger partial charge in [-0.1, -0.05) is 48.5 Å². The molecule has 0 atom stereocenters. The Morgan fingerprint density at radius 3 is 2.42 bits per heavy atom. The van der Waals surface area contributed by atoms with E-state index in [0.29, 0.717) is 28.5 Å². The third-order valence-electron chi connectivity index (χ3n) is 5.79. The van der Waals surface area contributed by atoms with Gasteiger partial charge in [0.05, 0.1) is 16.8 Å². The van der Waals surface area contributed by atoms with Gasteiger partial charge in [0.15, 0.2) is 12.4 Å². The maximum Gasteiger partial charge on any atom is 0.339 e. The van der Waals surface area contributed by atoms with Gasteiger partial charge in [-0.15, -0.1) is 0 Å². The smallest absolute Gasteiger partial charge is 0.339 e. The number of hydrogen-bond acceptors (Lipinski definition) is 4. The van der Waals surface area contributed by atoms with Crippen molar-refractivity contribution in [3.8, 4) is 0 Å². The molecule has 0 bridgehead atoms. The molecule has 3 aromatic carbocycles. The second-order valence-electron chi connectivity index (χ2n) is 7.92. The molecule has 0 amide bonds. The summed E-state index contributed by atoms with van der Waals surface area (Å²) < 4.78 is 18.6. The second-order valence-corrected chi connectivity index (χ2v) is 7.92. The van der Waals surface area contributed by atoms with Gasteiger partial charge in [0.1, 0.15) is 5.82 Å². The first-order valence-corrected chi connectivity index (χ1v) is 10.7. The van der Waals surface area contributed by atoms with Crippen LogP contribution in [0.2, 0.25) is 0 Å². The van der Waals surface area contributed by atoms with E-state index in [-0.39, 0.29) is 5.78 Å². The molecule has 5 heteroatoms. The average Bonchev–Trinajstić information content (AvgIpc) is 3.23. The summed E-state index contributed by atoms with van der Waals surface area (Å²) in [6.45, 7) is -0.414. The highest BCUT2D eigenvalue weighted by Crippen LogP contribution is 2.37. The quantitative estimate of drug-likeness (QED) is 0.288. The van der Waals surface area contributed by atoms with E-state index in [1.54, 1.807) is 0 Å². The van der Waals surface area contributed by atoms with E-state index in [1.807, 2.05) is 54.6 Å². The molecular weight excluding hydrogens is 417 g/mol. The van der Waals surface area contributed by atoms with Gasteiger partial charge in [0.2, 0.25) is 0 Å². The summed E-state index contributed by atoms with van der Waals surface area (Å²) >= 11 is 0. The molecule has 162 valence electrons. The number of pyridine rings is 1. The van der Waals surface area contributed by atoms with Crippen molar-refractivity contribution >= 4 is 34.3 Å². The fraction of sp³-hybridized carbons (Fsp3) is 0.107. The van der Waals surface area contributed by atoms with Gasteiger partial charge in [-0.25, -0.2) is 14.2 Å². The molecule has 5 rings (SSSR count). The lowest BCUT2D eigenvalue weighted by atomic mass is 10.0. The Hall–Kier alpha value is -4.12. The predicted molar refractivity (Wildman–Crippen MR) is 125 cm³/mol. The lowest BCUT2D eigenvalue weighted by Gasteiger charge is -2.12. The van der Waals surface area contributed by atoms with E-state index in [2.05, 4.69) is 6.08 Å². The van der Waals surface area contributed by atoms with Gasteiger partial charge in [-0.2, -0.15) is 0 Å². The lowest BCUT2D eigenvalue weighted by Crippen LogP contribution is -2.16. The van der Waals surface area contributed by atoms with Crippen molar-refractivity contribution < 1.29 is 18.7 Å². The average molecular weight is 437 g/mol. The van der Waals surface area contributed by atoms with Crippen molar-refractivity contribution in [3.63, 3.8) is 0 Å². The van der Waals surface area contributed by atoms with Crippen LogP contribution in [0.4, 0.5) is 4.39 Å². The molecule has 1 aliphatic carbocycles. The molecule has 4 nitrogen and oxygen atoms in total. The SMILES string of the molecule is O=C(COC(=O)c1c2c(nc3ccccc13)C(=Cc1ccccc1)CC2)c1ccc(F)cc1. The molecule has 1 aromatic heterocycles. The number of ketones is 1. The van der Waals surface area contributed by atoms with E-state index < -0.39 is 18.4 Å². The molecule has 0 spiro atoms. The highest BCUT2D eigenvalue weighted by Gasteiger charge is 2.28. The number of esters is 1. The minimum absolute atomic E-state index is 0.294. The van der Waals surface area contributed by atoms with Crippen LogP contribution < -0.4 is 0 Å². The molecule has 33 heavy (non-hydrogen) atoms. The molecule has 0 unspecified atom stereocenters. The van der Waals surface area contributed by atoms with Gasteiger partial charge >= 0.3 is 5.97 Å². The van der Waals surface area contributed by atoms with Crippen molar-refractivity contribution in [1.29, 1.82) is 0 Å². The summed E-state index contributed by atoms with van der Waals surface area (Å²) in [5.74, 6) is -1.37. The van der Waals surface area contributed by atoms with E-state index in [1.165, 1.54) is 24.3 Å². The third-order valence-corrected chi connectivity index (χ3v) is 5.79. The van der Waals surface area contributed by atoms with Crippen LogP contribution in [0.1, 0.15) is 44.0 Å². The zero-order valence-corrected chi connectivity index (χ0v) is 17.8. The second kappa shape index (κ2) is 8.79. The van der Waals surface area contributed by atoms with E-state index in [9.17, 15) is 14.0 Å². The van der Waals surface area contributed by atoms with Gasteiger partial charge < -0.3 is 4.74 Å². The summed E-state index contributed by atoms with van der Waals surface area (Å²) in [4.78, 5) is 30.5. The number of carbonyl (C=O) groups is 2. The van der Waals surface area contributed by atoms with Gasteiger partial charge in [-0.05, 0) is 65.9 Å². The number of Topliss-reactive ketones (excluding diaryl/α,β-unsaturated/α-hetero) is 1. The minimum Gasteiger partial charge on any atom is -0.454 e. The number of halogens is 1. The van der Waals surface area contributed by atoms with E-state index in [0.717, 1.165) is 28.8 Å². The van der Waals surface area contributed by atoms with Crippen molar-refractivity contribution in [2.45, 2.75) is 12.8 Å². The molecule has 1 aliphatic rings. The number of para-hydroxylation sites is 1. The third kappa shape index (κ3) is 4.17. The summed E-state index contributed by atoms with van der Waals surface area (Å²) in [5.41, 5.74) is 5.24. The number of hydrogen-bond donors (Lipinski definition) is 0. The fourth-order valence-electron chi connectivity index (χ4n) is 4.19. The van der Waals surface area contributed by atoms with Crippen LogP contribution >= 0.6 is 0 Å². The number of carbonyl (C=O) groups excluding carboxylic acids is 2. The number of aromatic nitrogens is 1. The molecular formula is C28H20FNO3. The van der Waals surface area contributed by atoms with Crippen molar-refractivity contribution in [2.24, 2.45) is 0 Å². The molecule has 0 aliphatic heterocycles. The normalized spacial score (nSPS) is 13.8. The summed E-state index contributed by atoms with van der Waals surface area (Å²) in [7, 11) is 0. The summed E-state index contributed by atoms with van der Waals surface area (Å²) in [5, 5.41) is 0.705. The number of ether oxygens (including phenoxy) is 1. The molecule has 1 heterocycles. The Kier molecular flexibility index (Phi) is 5.53. The Labute approximate surface area is 190 Å². The predicted octanol–water partition coefficient (Wildman–Crippen LogP) is 5.90. The van der Waals surface area contributed by atoms with Crippen LogP contribution in [0.3, 0.4) is 0 Å². The molecule has 0 fully saturated rings. The fourth-order valence-corrected chi connectivity index (χ4v) is 4.19. The van der Waals surface area contributed by atoms with Crippen LogP contribution in [0.25, 0.3) is 22.6 Å². The maximum absolute atomic E-state index is 13.2. The number of fused-ring (bicyclic) bond motifs is 2. The molecule has 0 radical (unpaired) electrons. The van der Waals surface area contributed by atoms with E-state index >= 15 is 0 Å². The first kappa shape index (κ1) is 20.8. The first-order chi connectivity index (χ1) is 16.1. The zero-order chi connectivity index (χ0) is 22.8. The molecule has 0 saturated carbocycles. The molecule has 4 aromatic rings. The van der Waals surface area contributed by atoms with Crippen molar-refractivity contribution in [2.75, 3.05) is 6.61 Å². The number of allylic oxidation sites excluding steroid dienone is 1. The molecule has 0 N–H and O–H groups in total. The number of rotatable bonds is 5. The van der Waals surface area contributed by atoms with Gasteiger partial charge in [-0.3, -0.25) is 4.79 Å². The first-order valence-electron chi connectivity index (χ1n) is 10.7. The number of benzene rings is 3. The largest absolute Gasteiger partial charge is 0.454 e. The number of nitrogens with zero attached hydrogens (tertiary/aromatic N) is 1. The Morgan fingerprint density at radius 1 is 0.909 bits per heavy atom. The summed E-state index contributed by atoms with van der Waals surface area (Å²) in [6.07, 6.45) is 3.53. The highest BCUT2D eigenvalue weighted by atomic mass is 19.1. The Morgan fingerprint density at radius 2 is 1.64 bits per heavy atom. The zero-order valence-electron chi connectivity index (χ0n) is 17.8. The van der Waals surface area contributed by atoms with Crippen LogP contribution in [0.15, 0.2) is 78.9 Å². The monoisotopic (exact) mass is 437 g/mol. The van der Waals surface area contributed by atoms with Gasteiger partial charge in [0.25, 0.3) is 0 Å². The topological polar surface area (TPSA) is 56.3 Å². The van der Waals surface area contributed by atoms with Crippen LogP contribution in [-0.2, 0) is 11.2 Å². The Bertz CT molecular complexity index is 1390. The van der Waals surface area contributed by atoms with Crippen molar-refractivity contribution in [3.05, 3.63) is 113 Å². The maximum atomic E-state index is 13.2. The highest BCUT2D eigenvalue weighted by molar-refractivity contribution is 6.08. The Balaban J connectivity index is 1.49. The minimum atomic E-state index is -0.554. The van der Waals surface area contributed by atoms with Crippen LogP contribution in [0.5, 0.6) is 0 Å². The molecule has 0 saturated heterocycles. The van der Waals surface area contributed by atoms with Gasteiger partial charge in [0, 0.05) is 10.9 Å².